The van der Waals surface area contributed by atoms with Gasteiger partial charge in [-0.3, -0.25) is 0 Å². The van der Waals surface area contributed by atoms with Crippen LogP contribution in [0.2, 0.25) is 0 Å². The number of rotatable bonds is 1. The predicted molar refractivity (Wildman–Crippen MR) is 25.4 cm³/mol. The van der Waals surface area contributed by atoms with Crippen molar-refractivity contribution < 1.29 is 0 Å². The van der Waals surface area contributed by atoms with E-state index in [-0.39, 0.29) is 0 Å². The molecule has 34 valence electrons. The van der Waals surface area contributed by atoms with Crippen LogP contribution in [0, 0.1) is 17.8 Å². The Kier molecular flexibility index (Phi) is 0.337. The van der Waals surface area contributed by atoms with Gasteiger partial charge in [-0.2, -0.15) is 0 Å². The third-order valence-electron chi connectivity index (χ3n) is 2.32. The monoisotopic (exact) mass is 82.1 g/mol. The maximum absolute atomic E-state index is 2.30. The Hall–Kier alpha value is 0. The molecule has 0 aromatic heterocycles. The quantitative estimate of drug-likeness (QED) is 0.451. The van der Waals surface area contributed by atoms with Crippen molar-refractivity contribution in [3.05, 3.63) is 0 Å². The van der Waals surface area contributed by atoms with Gasteiger partial charge in [0.25, 0.3) is 0 Å². The lowest BCUT2D eigenvalue weighted by Gasteiger charge is -1.91. The molecule has 0 nitrogen and oxygen atoms in total. The minimum atomic E-state index is 1.20. The van der Waals surface area contributed by atoms with Crippen LogP contribution in [0.3, 0.4) is 0 Å². The smallest absolute Gasteiger partial charge is 0.0349 e. The first-order valence-electron chi connectivity index (χ1n) is 2.93. The zero-order valence-electron chi connectivity index (χ0n) is 4.15. The van der Waals surface area contributed by atoms with Crippen molar-refractivity contribution in [2.24, 2.45) is 17.8 Å². The van der Waals surface area contributed by atoms with Crippen molar-refractivity contribution in [2.75, 3.05) is 0 Å². The van der Waals surface area contributed by atoms with Crippen molar-refractivity contribution in [2.45, 2.75) is 19.8 Å². The molecular weight excluding hydrogens is 72.1 g/mol. The SMILES string of the molecule is CCC1C2C[C@@H]12. The van der Waals surface area contributed by atoms with Crippen LogP contribution >= 0.6 is 0 Å². The van der Waals surface area contributed by atoms with Gasteiger partial charge in [0.2, 0.25) is 0 Å². The molecule has 0 aromatic rings. The Balaban J connectivity index is 1.92. The highest BCUT2D eigenvalue weighted by atomic mass is 14.7. The molecule has 0 aliphatic heterocycles. The lowest BCUT2D eigenvalue weighted by atomic mass is 10.1. The second kappa shape index (κ2) is 0.661. The van der Waals surface area contributed by atoms with Gasteiger partial charge >= 0.3 is 0 Å². The van der Waals surface area contributed by atoms with Crippen molar-refractivity contribution in [1.29, 1.82) is 0 Å². The molecule has 0 N–H and O–H groups in total. The summed E-state index contributed by atoms with van der Waals surface area (Å²) in [7, 11) is 0. The molecular formula is C6H10. The van der Waals surface area contributed by atoms with Gasteiger partial charge in [0.1, 0.15) is 0 Å². The number of hydrogen-bond acceptors (Lipinski definition) is 0. The van der Waals surface area contributed by atoms with Crippen LogP contribution in [0.1, 0.15) is 19.8 Å². The zero-order chi connectivity index (χ0) is 4.15. The van der Waals surface area contributed by atoms with E-state index in [1.54, 1.807) is 6.42 Å². The van der Waals surface area contributed by atoms with Crippen molar-refractivity contribution in [3.8, 4) is 0 Å². The van der Waals surface area contributed by atoms with Crippen LogP contribution in [-0.2, 0) is 0 Å². The van der Waals surface area contributed by atoms with E-state index in [1.807, 2.05) is 0 Å². The first kappa shape index (κ1) is 3.06. The average Bonchev–Trinajstić information content (AvgIpc) is 2.12. The molecule has 0 spiro atoms. The van der Waals surface area contributed by atoms with Gasteiger partial charge in [0.05, 0.1) is 0 Å². The van der Waals surface area contributed by atoms with Crippen molar-refractivity contribution in [1.82, 2.24) is 0 Å². The predicted octanol–water partition coefficient (Wildman–Crippen LogP) is 1.66. The standard InChI is InChI=1S/C6H10/c1-2-4-5-3-6(4)5/h4-6H,2-3H2,1H3/t4?,5-,6?/m0/s1. The summed E-state index contributed by atoms with van der Waals surface area (Å²) in [5, 5.41) is 0. The van der Waals surface area contributed by atoms with Gasteiger partial charge < -0.3 is 0 Å². The second-order valence-corrected chi connectivity index (χ2v) is 2.64. The minimum absolute atomic E-state index is 1.20. The van der Waals surface area contributed by atoms with E-state index in [0.29, 0.717) is 0 Å². The van der Waals surface area contributed by atoms with Gasteiger partial charge in [0, 0.05) is 0 Å². The van der Waals surface area contributed by atoms with Gasteiger partial charge in [-0.25, -0.2) is 0 Å². The summed E-state index contributed by atoms with van der Waals surface area (Å²) < 4.78 is 0. The lowest BCUT2D eigenvalue weighted by molar-refractivity contribution is 0.595. The molecule has 0 saturated heterocycles. The fraction of sp³-hybridized carbons (Fsp3) is 1.00. The van der Waals surface area contributed by atoms with Crippen LogP contribution in [0.15, 0.2) is 0 Å². The van der Waals surface area contributed by atoms with E-state index >= 15 is 0 Å². The van der Waals surface area contributed by atoms with Crippen molar-refractivity contribution in [3.63, 3.8) is 0 Å². The third-order valence-corrected chi connectivity index (χ3v) is 2.32. The molecule has 0 bridgehead atoms. The largest absolute Gasteiger partial charge is 0.0651 e. The Morgan fingerprint density at radius 2 is 2.17 bits per heavy atom. The van der Waals surface area contributed by atoms with E-state index in [4.69, 9.17) is 0 Å². The van der Waals surface area contributed by atoms with Gasteiger partial charge in [-0.1, -0.05) is 13.3 Å². The molecule has 3 atom stereocenters. The summed E-state index contributed by atoms with van der Waals surface area (Å²) in [6.45, 7) is 2.30. The summed E-state index contributed by atoms with van der Waals surface area (Å²) in [5.74, 6) is 3.66. The molecule has 0 heteroatoms. The van der Waals surface area contributed by atoms with Crippen LogP contribution in [0.4, 0.5) is 0 Å². The maximum Gasteiger partial charge on any atom is -0.0349 e. The summed E-state index contributed by atoms with van der Waals surface area (Å²) in [6, 6.07) is 0. The number of hydrogen-bond donors (Lipinski definition) is 0. The number of fused-ring (bicyclic) bond motifs is 1. The normalized spacial score (nSPS) is 60.5. The third kappa shape index (κ3) is 0.184. The Labute approximate surface area is 38.6 Å². The highest BCUT2D eigenvalue weighted by Gasteiger charge is 2.62. The molecule has 2 rings (SSSR count). The topological polar surface area (TPSA) is 0 Å². The minimum Gasteiger partial charge on any atom is -0.0651 e. The molecule has 2 aliphatic rings. The van der Waals surface area contributed by atoms with Gasteiger partial charge in [0.15, 0.2) is 0 Å². The van der Waals surface area contributed by atoms with Crippen LogP contribution < -0.4 is 0 Å². The molecule has 0 heterocycles. The lowest BCUT2D eigenvalue weighted by Crippen LogP contribution is -1.81. The Morgan fingerprint density at radius 3 is 2.17 bits per heavy atom. The molecule has 0 amide bonds. The molecule has 2 fully saturated rings. The fourth-order valence-corrected chi connectivity index (χ4v) is 1.52. The first-order valence-corrected chi connectivity index (χ1v) is 2.93. The van der Waals surface area contributed by atoms with Crippen LogP contribution in [0.5, 0.6) is 0 Å². The van der Waals surface area contributed by atoms with E-state index < -0.39 is 0 Å². The second-order valence-electron chi connectivity index (χ2n) is 2.64. The average molecular weight is 82.1 g/mol. The van der Waals surface area contributed by atoms with E-state index in [1.165, 1.54) is 24.2 Å². The molecule has 2 saturated carbocycles. The zero-order valence-corrected chi connectivity index (χ0v) is 4.15. The molecule has 6 heavy (non-hydrogen) atoms. The summed E-state index contributed by atoms with van der Waals surface area (Å²) in [6.07, 6.45) is 3.04. The Bertz CT molecular complexity index is 68.1. The van der Waals surface area contributed by atoms with Crippen LogP contribution in [-0.4, -0.2) is 0 Å². The fourth-order valence-electron chi connectivity index (χ4n) is 1.52. The summed E-state index contributed by atoms with van der Waals surface area (Å²) in [4.78, 5) is 0. The van der Waals surface area contributed by atoms with Gasteiger partial charge in [-0.15, -0.1) is 0 Å². The summed E-state index contributed by atoms with van der Waals surface area (Å²) >= 11 is 0. The highest BCUT2D eigenvalue weighted by Crippen LogP contribution is 2.69. The molecule has 2 unspecified atom stereocenters. The molecule has 0 aromatic carbocycles. The summed E-state index contributed by atoms with van der Waals surface area (Å²) in [5.41, 5.74) is 0. The van der Waals surface area contributed by atoms with E-state index in [2.05, 4.69) is 6.92 Å². The van der Waals surface area contributed by atoms with Crippen molar-refractivity contribution >= 4 is 0 Å². The van der Waals surface area contributed by atoms with E-state index in [0.717, 1.165) is 0 Å². The van der Waals surface area contributed by atoms with E-state index in [9.17, 15) is 0 Å². The first-order chi connectivity index (χ1) is 2.93. The van der Waals surface area contributed by atoms with Crippen LogP contribution in [0.25, 0.3) is 0 Å². The molecule has 2 aliphatic carbocycles. The van der Waals surface area contributed by atoms with Gasteiger partial charge in [-0.05, 0) is 24.2 Å². The Morgan fingerprint density at radius 1 is 1.50 bits per heavy atom. The maximum atomic E-state index is 2.30. The molecule has 0 radical (unpaired) electrons. The highest BCUT2D eigenvalue weighted by molar-refractivity contribution is 5.10.